The fourth-order valence-electron chi connectivity index (χ4n) is 2.31. The third kappa shape index (κ3) is 6.68. The lowest BCUT2D eigenvalue weighted by molar-refractivity contribution is 0.296. The van der Waals surface area contributed by atoms with E-state index in [1.807, 2.05) is 0 Å². The first kappa shape index (κ1) is 17.0. The van der Waals surface area contributed by atoms with Crippen molar-refractivity contribution in [1.82, 2.24) is 5.32 Å². The minimum absolute atomic E-state index is 0.485. The Kier molecular flexibility index (Phi) is 7.73. The summed E-state index contributed by atoms with van der Waals surface area (Å²) in [7, 11) is 0. The van der Waals surface area contributed by atoms with Gasteiger partial charge in [-0.3, -0.25) is 0 Å². The normalized spacial score (nSPS) is 12.9. The van der Waals surface area contributed by atoms with Gasteiger partial charge in [0.15, 0.2) is 0 Å². The molecule has 0 rings (SSSR count). The van der Waals surface area contributed by atoms with Gasteiger partial charge in [-0.05, 0) is 56.7 Å². The predicted molar refractivity (Wildman–Crippen MR) is 83.4 cm³/mol. The van der Waals surface area contributed by atoms with Crippen molar-refractivity contribution in [2.45, 2.75) is 66.7 Å². The third-order valence-electron chi connectivity index (χ3n) is 3.70. The monoisotopic (exact) mass is 249 g/mol. The van der Waals surface area contributed by atoms with Gasteiger partial charge in [-0.25, -0.2) is 0 Å². The van der Waals surface area contributed by atoms with Crippen LogP contribution in [0.15, 0.2) is 36.2 Å². The largest absolute Gasteiger partial charge is 0.363 e. The standard InChI is InChI=1S/C17H31N/c1-8-12-17(6,7)13-10-11-14(3)15(4)16(5)18-9-2/h9,18H,2,5,8,10-13H2,1,3-4,6-7H3/b15-14-. The average Bonchev–Trinajstić information content (AvgIpc) is 2.27. The zero-order valence-corrected chi connectivity index (χ0v) is 13.0. The van der Waals surface area contributed by atoms with Gasteiger partial charge in [0.05, 0.1) is 0 Å². The summed E-state index contributed by atoms with van der Waals surface area (Å²) in [6, 6.07) is 0. The number of rotatable bonds is 9. The SMILES string of the molecule is C=CNC(=C)/C(C)=C(/C)CCCC(C)(C)CCC. The van der Waals surface area contributed by atoms with Crippen molar-refractivity contribution >= 4 is 0 Å². The van der Waals surface area contributed by atoms with E-state index in [4.69, 9.17) is 0 Å². The Morgan fingerprint density at radius 1 is 1.22 bits per heavy atom. The number of allylic oxidation sites excluding steroid dienone is 2. The summed E-state index contributed by atoms with van der Waals surface area (Å²) in [6.45, 7) is 19.0. The van der Waals surface area contributed by atoms with Crippen LogP contribution in [0.25, 0.3) is 0 Å². The van der Waals surface area contributed by atoms with Gasteiger partial charge in [0.1, 0.15) is 0 Å². The average molecular weight is 249 g/mol. The van der Waals surface area contributed by atoms with Gasteiger partial charge in [0.2, 0.25) is 0 Å². The van der Waals surface area contributed by atoms with Gasteiger partial charge in [0.25, 0.3) is 0 Å². The van der Waals surface area contributed by atoms with Crippen molar-refractivity contribution in [2.24, 2.45) is 5.41 Å². The summed E-state index contributed by atoms with van der Waals surface area (Å²) in [5.74, 6) is 0. The van der Waals surface area contributed by atoms with Crippen molar-refractivity contribution < 1.29 is 0 Å². The van der Waals surface area contributed by atoms with Crippen LogP contribution in [0.3, 0.4) is 0 Å². The molecule has 0 aromatic rings. The number of hydrogen-bond donors (Lipinski definition) is 1. The highest BCUT2D eigenvalue weighted by atomic mass is 14.8. The first-order valence-corrected chi connectivity index (χ1v) is 7.07. The molecule has 0 radical (unpaired) electrons. The summed E-state index contributed by atoms with van der Waals surface area (Å²) < 4.78 is 0. The summed E-state index contributed by atoms with van der Waals surface area (Å²) in [5, 5.41) is 3.06. The Bertz CT molecular complexity index is 308. The van der Waals surface area contributed by atoms with Gasteiger partial charge < -0.3 is 5.32 Å². The molecule has 0 aromatic carbocycles. The minimum atomic E-state index is 0.485. The molecule has 0 saturated heterocycles. The summed E-state index contributed by atoms with van der Waals surface area (Å²) in [5.41, 5.74) is 4.15. The zero-order chi connectivity index (χ0) is 14.2. The van der Waals surface area contributed by atoms with E-state index in [2.05, 4.69) is 53.1 Å². The molecule has 18 heavy (non-hydrogen) atoms. The zero-order valence-electron chi connectivity index (χ0n) is 13.0. The highest BCUT2D eigenvalue weighted by Crippen LogP contribution is 2.30. The molecule has 1 heteroatoms. The van der Waals surface area contributed by atoms with E-state index in [1.165, 1.54) is 36.8 Å². The van der Waals surface area contributed by atoms with Crippen LogP contribution in [0.1, 0.15) is 66.7 Å². The summed E-state index contributed by atoms with van der Waals surface area (Å²) >= 11 is 0. The maximum absolute atomic E-state index is 4.01. The highest BCUT2D eigenvalue weighted by molar-refractivity contribution is 5.30. The van der Waals surface area contributed by atoms with Crippen LogP contribution in [0, 0.1) is 5.41 Å². The molecule has 0 amide bonds. The quantitative estimate of drug-likeness (QED) is 0.527. The van der Waals surface area contributed by atoms with Crippen LogP contribution < -0.4 is 5.32 Å². The molecule has 0 aliphatic carbocycles. The maximum atomic E-state index is 4.01. The highest BCUT2D eigenvalue weighted by Gasteiger charge is 2.15. The smallest absolute Gasteiger partial charge is 0.0335 e. The van der Waals surface area contributed by atoms with Crippen LogP contribution in [0.5, 0.6) is 0 Å². The molecule has 0 atom stereocenters. The molecule has 0 aliphatic rings. The van der Waals surface area contributed by atoms with Crippen molar-refractivity contribution in [1.29, 1.82) is 0 Å². The second kappa shape index (κ2) is 8.18. The second-order valence-corrected chi connectivity index (χ2v) is 6.00. The predicted octanol–water partition coefficient (Wildman–Crippen LogP) is 5.57. The minimum Gasteiger partial charge on any atom is -0.363 e. The Labute approximate surface area is 114 Å². The maximum Gasteiger partial charge on any atom is 0.0335 e. The van der Waals surface area contributed by atoms with Gasteiger partial charge in [0, 0.05) is 5.70 Å². The second-order valence-electron chi connectivity index (χ2n) is 6.00. The van der Waals surface area contributed by atoms with Crippen LogP contribution in [-0.4, -0.2) is 0 Å². The van der Waals surface area contributed by atoms with E-state index >= 15 is 0 Å². The lowest BCUT2D eigenvalue weighted by Gasteiger charge is -2.24. The molecule has 104 valence electrons. The van der Waals surface area contributed by atoms with E-state index in [0.29, 0.717) is 5.41 Å². The Balaban J connectivity index is 4.24. The van der Waals surface area contributed by atoms with E-state index in [-0.39, 0.29) is 0 Å². The van der Waals surface area contributed by atoms with Crippen LogP contribution >= 0.6 is 0 Å². The molecule has 0 unspecified atom stereocenters. The van der Waals surface area contributed by atoms with E-state index in [1.54, 1.807) is 6.20 Å². The fourth-order valence-corrected chi connectivity index (χ4v) is 2.31. The molecular formula is C17H31N. The van der Waals surface area contributed by atoms with E-state index in [9.17, 15) is 0 Å². The van der Waals surface area contributed by atoms with Crippen molar-refractivity contribution in [3.05, 3.63) is 36.2 Å². The van der Waals surface area contributed by atoms with Crippen molar-refractivity contribution in [2.75, 3.05) is 0 Å². The lowest BCUT2D eigenvalue weighted by Crippen LogP contribution is -2.10. The van der Waals surface area contributed by atoms with Crippen LogP contribution in [0.2, 0.25) is 0 Å². The topological polar surface area (TPSA) is 12.0 Å². The van der Waals surface area contributed by atoms with Gasteiger partial charge in [-0.1, -0.05) is 45.9 Å². The fraction of sp³-hybridized carbons (Fsp3) is 0.647. The molecule has 1 nitrogen and oxygen atoms in total. The molecule has 0 aliphatic heterocycles. The van der Waals surface area contributed by atoms with E-state index < -0.39 is 0 Å². The van der Waals surface area contributed by atoms with Gasteiger partial charge in [-0.15, -0.1) is 0 Å². The van der Waals surface area contributed by atoms with Gasteiger partial charge >= 0.3 is 0 Å². The van der Waals surface area contributed by atoms with Crippen LogP contribution in [0.4, 0.5) is 0 Å². The van der Waals surface area contributed by atoms with Crippen molar-refractivity contribution in [3.8, 4) is 0 Å². The number of nitrogens with one attached hydrogen (secondary N) is 1. The summed E-state index contributed by atoms with van der Waals surface area (Å²) in [6.07, 6.45) is 8.01. The molecule has 1 N–H and O–H groups in total. The van der Waals surface area contributed by atoms with Gasteiger partial charge in [-0.2, -0.15) is 0 Å². The third-order valence-corrected chi connectivity index (χ3v) is 3.70. The summed E-state index contributed by atoms with van der Waals surface area (Å²) in [4.78, 5) is 0. The molecule has 0 spiro atoms. The molecular weight excluding hydrogens is 218 g/mol. The molecule has 0 fully saturated rings. The lowest BCUT2D eigenvalue weighted by atomic mass is 9.82. The molecule has 0 saturated carbocycles. The Hall–Kier alpha value is -0.980. The Morgan fingerprint density at radius 2 is 1.83 bits per heavy atom. The van der Waals surface area contributed by atoms with Crippen LogP contribution in [-0.2, 0) is 0 Å². The number of hydrogen-bond acceptors (Lipinski definition) is 1. The van der Waals surface area contributed by atoms with Crippen molar-refractivity contribution in [3.63, 3.8) is 0 Å². The Morgan fingerprint density at radius 3 is 2.33 bits per heavy atom. The van der Waals surface area contributed by atoms with E-state index in [0.717, 1.165) is 12.1 Å². The molecule has 0 aromatic heterocycles. The first-order valence-electron chi connectivity index (χ1n) is 7.07. The molecule has 0 heterocycles. The molecule has 0 bridgehead atoms. The first-order chi connectivity index (χ1) is 8.34.